The Bertz CT molecular complexity index is 866. The molecule has 7 nitrogen and oxygen atoms in total. The molecule has 2 heterocycles. The van der Waals surface area contributed by atoms with Crippen molar-refractivity contribution < 1.29 is 12.9 Å². The Morgan fingerprint density at radius 1 is 1.15 bits per heavy atom. The van der Waals surface area contributed by atoms with Crippen LogP contribution in [0, 0.1) is 0 Å². The van der Waals surface area contributed by atoms with Crippen LogP contribution in [0.5, 0.6) is 0 Å². The number of benzene rings is 1. The minimum atomic E-state index is -3.51. The zero-order chi connectivity index (χ0) is 18.2. The van der Waals surface area contributed by atoms with Crippen LogP contribution >= 0.6 is 12.4 Å². The lowest BCUT2D eigenvalue weighted by Crippen LogP contribution is -2.39. The Morgan fingerprint density at radius 2 is 1.85 bits per heavy atom. The van der Waals surface area contributed by atoms with Crippen molar-refractivity contribution in [3.8, 4) is 0 Å². The van der Waals surface area contributed by atoms with E-state index in [1.165, 1.54) is 4.31 Å². The van der Waals surface area contributed by atoms with Crippen molar-refractivity contribution in [2.24, 2.45) is 5.73 Å². The number of sulfonamides is 1. The number of hydrogen-bond acceptors (Lipinski definition) is 6. The van der Waals surface area contributed by atoms with Crippen molar-refractivity contribution in [3.05, 3.63) is 42.0 Å². The number of halogens is 1. The summed E-state index contributed by atoms with van der Waals surface area (Å²) in [5.74, 6) is 0.978. The van der Waals surface area contributed by atoms with Crippen molar-refractivity contribution in [2.75, 3.05) is 13.1 Å². The zero-order valence-electron chi connectivity index (χ0n) is 15.1. The van der Waals surface area contributed by atoms with E-state index in [-0.39, 0.29) is 18.3 Å². The van der Waals surface area contributed by atoms with E-state index in [4.69, 9.17) is 10.3 Å². The molecule has 0 radical (unpaired) electrons. The number of nitrogens with two attached hydrogens (primary N) is 1. The monoisotopic (exact) mass is 412 g/mol. The molecule has 1 aromatic heterocycles. The SMILES string of the molecule is Cl.NC1(c2noc(C3CCCN(S(=O)(=O)c4ccccc4)C3)n2)CCCC1. The van der Waals surface area contributed by atoms with Gasteiger partial charge in [-0.15, -0.1) is 12.4 Å². The van der Waals surface area contributed by atoms with Gasteiger partial charge in [0, 0.05) is 13.1 Å². The van der Waals surface area contributed by atoms with E-state index in [2.05, 4.69) is 10.1 Å². The fraction of sp³-hybridized carbons (Fsp3) is 0.556. The molecule has 2 fully saturated rings. The van der Waals surface area contributed by atoms with E-state index in [9.17, 15) is 8.42 Å². The second-order valence-electron chi connectivity index (χ2n) is 7.33. The van der Waals surface area contributed by atoms with Crippen LogP contribution in [0.3, 0.4) is 0 Å². The standard InChI is InChI=1S/C18H24N4O3S.ClH/c19-18(10-4-5-11-18)17-20-16(25-21-17)14-7-6-12-22(13-14)26(23,24)15-8-2-1-3-9-15;/h1-3,8-9,14H,4-7,10-13,19H2;1H. The van der Waals surface area contributed by atoms with Crippen molar-refractivity contribution in [1.29, 1.82) is 0 Å². The third-order valence-electron chi connectivity index (χ3n) is 5.50. The number of piperidine rings is 1. The minimum absolute atomic E-state index is 0. The first-order valence-electron chi connectivity index (χ1n) is 9.17. The minimum Gasteiger partial charge on any atom is -0.339 e. The van der Waals surface area contributed by atoms with Crippen LogP contribution in [0.4, 0.5) is 0 Å². The van der Waals surface area contributed by atoms with Crippen LogP contribution in [0.1, 0.15) is 56.2 Å². The van der Waals surface area contributed by atoms with E-state index in [0.29, 0.717) is 29.7 Å². The summed E-state index contributed by atoms with van der Waals surface area (Å²) < 4.78 is 32.7. The van der Waals surface area contributed by atoms with Gasteiger partial charge in [0.2, 0.25) is 15.9 Å². The van der Waals surface area contributed by atoms with Crippen molar-refractivity contribution >= 4 is 22.4 Å². The Labute approximate surface area is 165 Å². The van der Waals surface area contributed by atoms with Crippen LogP contribution in [0.25, 0.3) is 0 Å². The molecule has 1 aliphatic carbocycles. The maximum Gasteiger partial charge on any atom is 0.243 e. The van der Waals surface area contributed by atoms with Gasteiger partial charge in [-0.1, -0.05) is 36.2 Å². The first-order valence-corrected chi connectivity index (χ1v) is 10.6. The number of aromatic nitrogens is 2. The van der Waals surface area contributed by atoms with Gasteiger partial charge in [0.1, 0.15) is 0 Å². The van der Waals surface area contributed by atoms with Crippen molar-refractivity contribution in [2.45, 2.75) is 54.9 Å². The summed E-state index contributed by atoms with van der Waals surface area (Å²) >= 11 is 0. The molecular formula is C18H25ClN4O3S. The fourth-order valence-electron chi connectivity index (χ4n) is 3.94. The van der Waals surface area contributed by atoms with Gasteiger partial charge in [-0.2, -0.15) is 9.29 Å². The largest absolute Gasteiger partial charge is 0.339 e. The van der Waals surface area contributed by atoms with Gasteiger partial charge in [-0.05, 0) is 37.8 Å². The van der Waals surface area contributed by atoms with E-state index >= 15 is 0 Å². The summed E-state index contributed by atoms with van der Waals surface area (Å²) in [5, 5.41) is 4.11. The first kappa shape index (κ1) is 20.3. The number of rotatable bonds is 4. The molecular weight excluding hydrogens is 388 g/mol. The Morgan fingerprint density at radius 3 is 2.56 bits per heavy atom. The number of nitrogens with zero attached hydrogens (tertiary/aromatic N) is 3. The summed E-state index contributed by atoms with van der Waals surface area (Å²) in [6, 6.07) is 8.54. The highest BCUT2D eigenvalue weighted by Gasteiger charge is 2.38. The molecule has 1 atom stereocenters. The molecule has 1 aromatic carbocycles. The van der Waals surface area contributed by atoms with Gasteiger partial charge in [0.25, 0.3) is 0 Å². The second-order valence-corrected chi connectivity index (χ2v) is 9.27. The second kappa shape index (κ2) is 7.87. The third kappa shape index (κ3) is 3.89. The maximum atomic E-state index is 12.9. The molecule has 1 unspecified atom stereocenters. The van der Waals surface area contributed by atoms with E-state index in [0.717, 1.165) is 38.5 Å². The lowest BCUT2D eigenvalue weighted by molar-refractivity contribution is 0.263. The van der Waals surface area contributed by atoms with Crippen molar-refractivity contribution in [3.63, 3.8) is 0 Å². The molecule has 2 N–H and O–H groups in total. The number of hydrogen-bond donors (Lipinski definition) is 1. The van der Waals surface area contributed by atoms with Gasteiger partial charge >= 0.3 is 0 Å². The van der Waals surface area contributed by atoms with Crippen LogP contribution in [-0.2, 0) is 15.6 Å². The summed E-state index contributed by atoms with van der Waals surface area (Å²) in [5.41, 5.74) is 5.91. The van der Waals surface area contributed by atoms with Crippen LogP contribution in [0.2, 0.25) is 0 Å². The zero-order valence-corrected chi connectivity index (χ0v) is 16.7. The van der Waals surface area contributed by atoms with Gasteiger partial charge in [-0.25, -0.2) is 8.42 Å². The molecule has 2 aliphatic rings. The smallest absolute Gasteiger partial charge is 0.243 e. The topological polar surface area (TPSA) is 102 Å². The highest BCUT2D eigenvalue weighted by molar-refractivity contribution is 7.89. The van der Waals surface area contributed by atoms with Gasteiger partial charge < -0.3 is 10.3 Å². The lowest BCUT2D eigenvalue weighted by Gasteiger charge is -2.30. The summed E-state index contributed by atoms with van der Waals surface area (Å²) in [7, 11) is -3.51. The molecule has 0 amide bonds. The highest BCUT2D eigenvalue weighted by atomic mass is 35.5. The average Bonchev–Trinajstić information content (AvgIpc) is 3.33. The molecule has 0 bridgehead atoms. The predicted molar refractivity (Wildman–Crippen MR) is 103 cm³/mol. The van der Waals surface area contributed by atoms with E-state index in [1.807, 2.05) is 6.07 Å². The van der Waals surface area contributed by atoms with Gasteiger partial charge in [-0.3, -0.25) is 0 Å². The molecule has 4 rings (SSSR count). The normalized spacial score (nSPS) is 23.1. The van der Waals surface area contributed by atoms with Gasteiger partial charge in [0.15, 0.2) is 5.82 Å². The third-order valence-corrected chi connectivity index (χ3v) is 7.38. The fourth-order valence-corrected chi connectivity index (χ4v) is 5.48. The van der Waals surface area contributed by atoms with Crippen LogP contribution in [0.15, 0.2) is 39.8 Å². The quantitative estimate of drug-likeness (QED) is 0.828. The molecule has 1 saturated carbocycles. The lowest BCUT2D eigenvalue weighted by atomic mass is 9.97. The highest BCUT2D eigenvalue weighted by Crippen LogP contribution is 2.36. The molecule has 2 aromatic rings. The van der Waals surface area contributed by atoms with Gasteiger partial charge in [0.05, 0.1) is 16.4 Å². The van der Waals surface area contributed by atoms with E-state index < -0.39 is 15.6 Å². The molecule has 1 saturated heterocycles. The Balaban J connectivity index is 0.00000210. The Hall–Kier alpha value is -1.48. The maximum absolute atomic E-state index is 12.9. The molecule has 27 heavy (non-hydrogen) atoms. The Kier molecular flexibility index (Phi) is 5.90. The predicted octanol–water partition coefficient (Wildman–Crippen LogP) is 2.79. The summed E-state index contributed by atoms with van der Waals surface area (Å²) in [6.45, 7) is 0.867. The average molecular weight is 413 g/mol. The molecule has 148 valence electrons. The molecule has 1 aliphatic heterocycles. The van der Waals surface area contributed by atoms with E-state index in [1.54, 1.807) is 24.3 Å². The molecule has 0 spiro atoms. The molecule has 9 heteroatoms. The van der Waals surface area contributed by atoms with Crippen LogP contribution < -0.4 is 5.73 Å². The van der Waals surface area contributed by atoms with Crippen LogP contribution in [-0.4, -0.2) is 36.0 Å². The summed E-state index contributed by atoms with van der Waals surface area (Å²) in [4.78, 5) is 4.87. The van der Waals surface area contributed by atoms with Crippen molar-refractivity contribution in [1.82, 2.24) is 14.4 Å². The summed E-state index contributed by atoms with van der Waals surface area (Å²) in [6.07, 6.45) is 5.48. The first-order chi connectivity index (χ1) is 12.5.